The van der Waals surface area contributed by atoms with Crippen LogP contribution in [0.5, 0.6) is 0 Å². The molecule has 40 heavy (non-hydrogen) atoms. The van der Waals surface area contributed by atoms with Gasteiger partial charge in [0.15, 0.2) is 0 Å². The first kappa shape index (κ1) is 39.0. The molecule has 0 fully saturated rings. The molecule has 1 amide bonds. The molecule has 0 saturated heterocycles. The molecule has 0 aromatic carbocycles. The zero-order valence-corrected chi connectivity index (χ0v) is 27.2. The van der Waals surface area contributed by atoms with E-state index in [9.17, 15) is 19.4 Å². The lowest BCUT2D eigenvalue weighted by Crippen LogP contribution is -2.45. The second kappa shape index (κ2) is 24.6. The van der Waals surface area contributed by atoms with E-state index in [1.54, 1.807) is 6.08 Å². The molecule has 0 bridgehead atoms. The molecular formula is C31H62N2O6P+. The van der Waals surface area contributed by atoms with Crippen LogP contribution < -0.4 is 5.32 Å². The second-order valence-corrected chi connectivity index (χ2v) is 13.3. The Morgan fingerprint density at radius 3 is 1.98 bits per heavy atom. The highest BCUT2D eigenvalue weighted by Gasteiger charge is 2.27. The fraction of sp³-hybridized carbons (Fsp3) is 0.839. The Hall–Kier alpha value is -1.02. The third kappa shape index (κ3) is 25.9. The van der Waals surface area contributed by atoms with Gasteiger partial charge >= 0.3 is 7.82 Å². The molecule has 0 saturated carbocycles. The number of carbonyl (C=O) groups excluding carboxylic acids is 1. The van der Waals surface area contributed by atoms with Gasteiger partial charge < -0.3 is 19.8 Å². The van der Waals surface area contributed by atoms with Crippen molar-refractivity contribution in [2.75, 3.05) is 40.9 Å². The molecule has 0 aromatic rings. The topological polar surface area (TPSA) is 105 Å². The molecule has 0 spiro atoms. The SMILES string of the molecule is CCCCC/C=C/C(O)C(COP(=O)(O)OCC[N+](C)(C)C)NC(=O)CCCCCCC/C=C\CCCCCC. The quantitative estimate of drug-likeness (QED) is 0.0410. The first-order chi connectivity index (χ1) is 19.0. The van der Waals surface area contributed by atoms with E-state index >= 15 is 0 Å². The minimum Gasteiger partial charge on any atom is -0.387 e. The average Bonchev–Trinajstić information content (AvgIpc) is 2.88. The minimum absolute atomic E-state index is 0.0591. The molecule has 0 heterocycles. The van der Waals surface area contributed by atoms with Crippen LogP contribution in [0.4, 0.5) is 0 Å². The number of phosphoric ester groups is 1. The summed E-state index contributed by atoms with van der Waals surface area (Å²) in [5.74, 6) is -0.197. The molecule has 0 aliphatic carbocycles. The van der Waals surface area contributed by atoms with E-state index in [4.69, 9.17) is 9.05 Å². The number of nitrogens with one attached hydrogen (secondary N) is 1. The Labute approximate surface area is 245 Å². The summed E-state index contributed by atoms with van der Waals surface area (Å²) >= 11 is 0. The molecular weight excluding hydrogens is 527 g/mol. The average molecular weight is 590 g/mol. The number of nitrogens with zero attached hydrogens (tertiary/aromatic N) is 1. The number of rotatable bonds is 27. The highest BCUT2D eigenvalue weighted by Crippen LogP contribution is 2.43. The normalized spacial score (nSPS) is 15.5. The number of phosphoric acid groups is 1. The standard InChI is InChI=1S/C31H61N2O6P/c1-6-8-10-12-13-14-15-16-17-18-19-21-23-25-31(35)32-29(30(34)24-22-20-11-9-7-2)28-39-40(36,37)38-27-26-33(3,4)5/h14-15,22,24,29-30,34H,6-13,16-21,23,25-28H2,1-5H3,(H-,32,35,36,37)/p+1/b15-14-,24-22+. The fourth-order valence-electron chi connectivity index (χ4n) is 4.03. The Kier molecular flexibility index (Phi) is 23.9. The summed E-state index contributed by atoms with van der Waals surface area (Å²) in [5, 5.41) is 13.5. The van der Waals surface area contributed by atoms with Gasteiger partial charge in [0.1, 0.15) is 13.2 Å². The highest BCUT2D eigenvalue weighted by molar-refractivity contribution is 7.47. The van der Waals surface area contributed by atoms with Crippen LogP contribution >= 0.6 is 7.82 Å². The molecule has 236 valence electrons. The lowest BCUT2D eigenvalue weighted by atomic mass is 10.1. The summed E-state index contributed by atoms with van der Waals surface area (Å²) in [7, 11) is 1.55. The van der Waals surface area contributed by atoms with Crippen molar-refractivity contribution in [3.63, 3.8) is 0 Å². The number of hydrogen-bond donors (Lipinski definition) is 3. The van der Waals surface area contributed by atoms with Gasteiger partial charge in [0.2, 0.25) is 5.91 Å². The number of carbonyl (C=O) groups is 1. The number of amides is 1. The van der Waals surface area contributed by atoms with Gasteiger partial charge in [0, 0.05) is 6.42 Å². The van der Waals surface area contributed by atoms with Gasteiger partial charge in [-0.05, 0) is 44.9 Å². The molecule has 0 radical (unpaired) electrons. The van der Waals surface area contributed by atoms with Crippen molar-refractivity contribution in [2.24, 2.45) is 0 Å². The molecule has 8 nitrogen and oxygen atoms in total. The first-order valence-electron chi connectivity index (χ1n) is 15.7. The van der Waals surface area contributed by atoms with Crippen LogP contribution in [0.3, 0.4) is 0 Å². The highest BCUT2D eigenvalue weighted by atomic mass is 31.2. The maximum absolute atomic E-state index is 12.6. The summed E-state index contributed by atoms with van der Waals surface area (Å²) in [5.41, 5.74) is 0. The zero-order valence-electron chi connectivity index (χ0n) is 26.3. The number of likely N-dealkylation sites (N-methyl/N-ethyl adjacent to an activating group) is 1. The van der Waals surface area contributed by atoms with Crippen molar-refractivity contribution in [3.8, 4) is 0 Å². The smallest absolute Gasteiger partial charge is 0.387 e. The first-order valence-corrected chi connectivity index (χ1v) is 17.2. The number of hydrogen-bond acceptors (Lipinski definition) is 5. The zero-order chi connectivity index (χ0) is 30.1. The van der Waals surface area contributed by atoms with E-state index < -0.39 is 20.0 Å². The Morgan fingerprint density at radius 1 is 0.825 bits per heavy atom. The molecule has 0 aromatic heterocycles. The van der Waals surface area contributed by atoms with E-state index in [-0.39, 0.29) is 19.1 Å². The summed E-state index contributed by atoms with van der Waals surface area (Å²) in [4.78, 5) is 22.7. The largest absolute Gasteiger partial charge is 0.472 e. The van der Waals surface area contributed by atoms with Crippen molar-refractivity contribution < 1.29 is 32.9 Å². The summed E-state index contributed by atoms with van der Waals surface area (Å²) in [6, 6.07) is -0.842. The molecule has 3 N–H and O–H groups in total. The number of aliphatic hydroxyl groups is 1. The summed E-state index contributed by atoms with van der Waals surface area (Å²) < 4.78 is 23.2. The van der Waals surface area contributed by atoms with Crippen molar-refractivity contribution in [1.29, 1.82) is 0 Å². The summed E-state index contributed by atoms with van der Waals surface area (Å²) in [6.45, 7) is 4.63. The van der Waals surface area contributed by atoms with Crippen LogP contribution in [-0.2, 0) is 18.4 Å². The molecule has 0 rings (SSSR count). The molecule has 3 unspecified atom stereocenters. The van der Waals surface area contributed by atoms with Crippen molar-refractivity contribution in [1.82, 2.24) is 5.32 Å². The van der Waals surface area contributed by atoms with Crippen molar-refractivity contribution in [3.05, 3.63) is 24.3 Å². The fourth-order valence-corrected chi connectivity index (χ4v) is 4.77. The van der Waals surface area contributed by atoms with Crippen LogP contribution in [-0.4, -0.2) is 73.4 Å². The predicted molar refractivity (Wildman–Crippen MR) is 166 cm³/mol. The van der Waals surface area contributed by atoms with E-state index in [2.05, 4.69) is 31.3 Å². The van der Waals surface area contributed by atoms with Gasteiger partial charge in [0.25, 0.3) is 0 Å². The molecule has 0 aliphatic heterocycles. The number of aliphatic hydroxyl groups excluding tert-OH is 1. The van der Waals surface area contributed by atoms with Crippen molar-refractivity contribution in [2.45, 2.75) is 129 Å². The van der Waals surface area contributed by atoms with E-state index in [0.717, 1.165) is 57.8 Å². The third-order valence-corrected chi connectivity index (χ3v) is 7.65. The van der Waals surface area contributed by atoms with Gasteiger partial charge in [-0.2, -0.15) is 0 Å². The van der Waals surface area contributed by atoms with E-state index in [0.29, 0.717) is 17.4 Å². The number of quaternary nitrogens is 1. The van der Waals surface area contributed by atoms with Crippen LogP contribution in [0.25, 0.3) is 0 Å². The van der Waals surface area contributed by atoms with Gasteiger partial charge in [-0.1, -0.05) is 89.5 Å². The molecule has 3 atom stereocenters. The van der Waals surface area contributed by atoms with Gasteiger partial charge in [-0.3, -0.25) is 13.8 Å². The summed E-state index contributed by atoms with van der Waals surface area (Å²) in [6.07, 6.45) is 24.2. The maximum atomic E-state index is 12.6. The minimum atomic E-state index is -4.31. The number of unbranched alkanes of at least 4 members (excludes halogenated alkanes) is 12. The molecule has 0 aliphatic rings. The lowest BCUT2D eigenvalue weighted by molar-refractivity contribution is -0.870. The third-order valence-electron chi connectivity index (χ3n) is 6.67. The predicted octanol–water partition coefficient (Wildman–Crippen LogP) is 7.07. The van der Waals surface area contributed by atoms with Gasteiger partial charge in [-0.15, -0.1) is 0 Å². The monoisotopic (exact) mass is 589 g/mol. The van der Waals surface area contributed by atoms with Crippen LogP contribution in [0.15, 0.2) is 24.3 Å². The Morgan fingerprint density at radius 2 is 1.35 bits per heavy atom. The van der Waals surface area contributed by atoms with E-state index in [1.807, 2.05) is 27.2 Å². The lowest BCUT2D eigenvalue weighted by Gasteiger charge is -2.25. The van der Waals surface area contributed by atoms with Crippen LogP contribution in [0.1, 0.15) is 117 Å². The van der Waals surface area contributed by atoms with Gasteiger partial charge in [0.05, 0.1) is 39.9 Å². The Bertz CT molecular complexity index is 723. The van der Waals surface area contributed by atoms with Gasteiger partial charge in [-0.25, -0.2) is 4.57 Å². The van der Waals surface area contributed by atoms with Crippen LogP contribution in [0.2, 0.25) is 0 Å². The van der Waals surface area contributed by atoms with Crippen LogP contribution in [0, 0.1) is 0 Å². The Balaban J connectivity index is 4.50. The number of allylic oxidation sites excluding steroid dienone is 3. The van der Waals surface area contributed by atoms with Crippen molar-refractivity contribution >= 4 is 13.7 Å². The second-order valence-electron chi connectivity index (χ2n) is 11.8. The molecule has 9 heteroatoms. The maximum Gasteiger partial charge on any atom is 0.472 e. The van der Waals surface area contributed by atoms with E-state index in [1.165, 1.54) is 38.5 Å².